The molecule has 19 heavy (non-hydrogen) atoms. The van der Waals surface area contributed by atoms with E-state index in [0.717, 1.165) is 37.4 Å². The standard InChI is InChI=1S/C15H23NO3/c1-3-19-14-5-4-11(8-15(14)18-2)9-16-10-12-6-13(17)7-12/h4-5,8,12-13,16-17H,3,6-7,9-10H2,1-2H3. The van der Waals surface area contributed by atoms with Crippen molar-refractivity contribution in [2.24, 2.45) is 5.92 Å². The Morgan fingerprint density at radius 3 is 2.74 bits per heavy atom. The molecule has 4 heteroatoms. The normalized spacial score (nSPS) is 21.8. The first-order valence-electron chi connectivity index (χ1n) is 6.91. The molecule has 1 aromatic carbocycles. The Morgan fingerprint density at radius 2 is 2.11 bits per heavy atom. The van der Waals surface area contributed by atoms with Gasteiger partial charge >= 0.3 is 0 Å². The number of ether oxygens (including phenoxy) is 2. The van der Waals surface area contributed by atoms with Gasteiger partial charge in [0, 0.05) is 6.54 Å². The summed E-state index contributed by atoms with van der Waals surface area (Å²) in [7, 11) is 1.66. The lowest BCUT2D eigenvalue weighted by molar-refractivity contribution is 0.0430. The lowest BCUT2D eigenvalue weighted by Crippen LogP contribution is -2.35. The van der Waals surface area contributed by atoms with Crippen LogP contribution in [0.25, 0.3) is 0 Å². The van der Waals surface area contributed by atoms with Crippen LogP contribution in [-0.2, 0) is 6.54 Å². The summed E-state index contributed by atoms with van der Waals surface area (Å²) in [6.07, 6.45) is 1.79. The lowest BCUT2D eigenvalue weighted by Gasteiger charge is -2.31. The van der Waals surface area contributed by atoms with Crippen LogP contribution in [0.2, 0.25) is 0 Å². The maximum absolute atomic E-state index is 9.23. The summed E-state index contributed by atoms with van der Waals surface area (Å²) in [5.41, 5.74) is 1.18. The van der Waals surface area contributed by atoms with E-state index < -0.39 is 0 Å². The van der Waals surface area contributed by atoms with Crippen molar-refractivity contribution in [2.75, 3.05) is 20.3 Å². The summed E-state index contributed by atoms with van der Waals surface area (Å²) < 4.78 is 10.8. The van der Waals surface area contributed by atoms with Crippen LogP contribution < -0.4 is 14.8 Å². The van der Waals surface area contributed by atoms with Crippen LogP contribution >= 0.6 is 0 Å². The van der Waals surface area contributed by atoms with Gasteiger partial charge in [-0.3, -0.25) is 0 Å². The predicted molar refractivity (Wildman–Crippen MR) is 74.6 cm³/mol. The van der Waals surface area contributed by atoms with Crippen molar-refractivity contribution < 1.29 is 14.6 Å². The molecule has 1 fully saturated rings. The highest BCUT2D eigenvalue weighted by molar-refractivity contribution is 5.42. The number of nitrogens with one attached hydrogen (secondary N) is 1. The fourth-order valence-corrected chi connectivity index (χ4v) is 2.38. The van der Waals surface area contributed by atoms with Gasteiger partial charge in [-0.25, -0.2) is 0 Å². The third-order valence-corrected chi connectivity index (χ3v) is 3.50. The SMILES string of the molecule is CCOc1ccc(CNCC2CC(O)C2)cc1OC. The average Bonchev–Trinajstić information content (AvgIpc) is 2.38. The number of benzene rings is 1. The minimum absolute atomic E-state index is 0.0719. The molecule has 0 unspecified atom stereocenters. The van der Waals surface area contributed by atoms with Crippen LogP contribution in [0.1, 0.15) is 25.3 Å². The minimum atomic E-state index is -0.0719. The second kappa shape index (κ2) is 6.78. The van der Waals surface area contributed by atoms with Crippen molar-refractivity contribution in [1.82, 2.24) is 5.32 Å². The molecule has 1 aromatic rings. The van der Waals surface area contributed by atoms with Crippen molar-refractivity contribution in [3.05, 3.63) is 23.8 Å². The molecule has 2 N–H and O–H groups in total. The Morgan fingerprint density at radius 1 is 1.32 bits per heavy atom. The predicted octanol–water partition coefficient (Wildman–Crippen LogP) is 1.95. The lowest BCUT2D eigenvalue weighted by atomic mass is 9.82. The molecule has 0 atom stereocenters. The molecule has 0 spiro atoms. The minimum Gasteiger partial charge on any atom is -0.493 e. The Kier molecular flexibility index (Phi) is 5.05. The van der Waals surface area contributed by atoms with Gasteiger partial charge in [0.1, 0.15) is 0 Å². The Bertz CT molecular complexity index is 402. The molecule has 0 saturated heterocycles. The summed E-state index contributed by atoms with van der Waals surface area (Å²) in [6, 6.07) is 6.01. The van der Waals surface area contributed by atoms with E-state index in [2.05, 4.69) is 11.4 Å². The van der Waals surface area contributed by atoms with E-state index in [0.29, 0.717) is 12.5 Å². The molecule has 0 amide bonds. The molecule has 0 radical (unpaired) electrons. The molecule has 0 aliphatic heterocycles. The number of rotatable bonds is 7. The summed E-state index contributed by atoms with van der Waals surface area (Å²) in [4.78, 5) is 0. The molecule has 1 saturated carbocycles. The summed E-state index contributed by atoms with van der Waals surface area (Å²) in [5.74, 6) is 2.19. The first-order valence-corrected chi connectivity index (χ1v) is 6.91. The maximum atomic E-state index is 9.23. The molecule has 106 valence electrons. The van der Waals surface area contributed by atoms with Crippen molar-refractivity contribution in [1.29, 1.82) is 0 Å². The van der Waals surface area contributed by atoms with Gasteiger partial charge < -0.3 is 19.9 Å². The highest BCUT2D eigenvalue weighted by Crippen LogP contribution is 2.28. The first kappa shape index (κ1) is 14.2. The van der Waals surface area contributed by atoms with E-state index >= 15 is 0 Å². The van der Waals surface area contributed by atoms with E-state index in [1.54, 1.807) is 7.11 Å². The second-order valence-corrected chi connectivity index (χ2v) is 5.04. The molecule has 0 aromatic heterocycles. The number of hydrogen-bond donors (Lipinski definition) is 2. The fraction of sp³-hybridized carbons (Fsp3) is 0.600. The molecule has 2 rings (SSSR count). The van der Waals surface area contributed by atoms with Gasteiger partial charge in [-0.05, 0) is 49.9 Å². The van der Waals surface area contributed by atoms with Crippen molar-refractivity contribution in [3.63, 3.8) is 0 Å². The molecule has 0 heterocycles. The molecule has 1 aliphatic carbocycles. The van der Waals surface area contributed by atoms with Gasteiger partial charge in [0.25, 0.3) is 0 Å². The number of aliphatic hydroxyl groups excluding tert-OH is 1. The van der Waals surface area contributed by atoms with E-state index in [-0.39, 0.29) is 6.10 Å². The van der Waals surface area contributed by atoms with E-state index in [1.165, 1.54) is 5.56 Å². The highest BCUT2D eigenvalue weighted by Gasteiger charge is 2.26. The van der Waals surface area contributed by atoms with Crippen LogP contribution in [0.15, 0.2) is 18.2 Å². The van der Waals surface area contributed by atoms with E-state index in [9.17, 15) is 5.11 Å². The van der Waals surface area contributed by atoms with Crippen LogP contribution in [0, 0.1) is 5.92 Å². The number of aliphatic hydroxyl groups is 1. The summed E-state index contributed by atoms with van der Waals surface area (Å²) in [5, 5.41) is 12.6. The largest absolute Gasteiger partial charge is 0.493 e. The highest BCUT2D eigenvalue weighted by atomic mass is 16.5. The van der Waals surface area contributed by atoms with E-state index in [4.69, 9.17) is 9.47 Å². The fourth-order valence-electron chi connectivity index (χ4n) is 2.38. The molecular formula is C15H23NO3. The van der Waals surface area contributed by atoms with Gasteiger partial charge in [0.15, 0.2) is 11.5 Å². The molecular weight excluding hydrogens is 242 g/mol. The van der Waals surface area contributed by atoms with Crippen molar-refractivity contribution >= 4 is 0 Å². The van der Waals surface area contributed by atoms with Crippen molar-refractivity contribution in [3.8, 4) is 11.5 Å². The summed E-state index contributed by atoms with van der Waals surface area (Å²) >= 11 is 0. The number of methoxy groups -OCH3 is 1. The molecule has 0 bridgehead atoms. The third kappa shape index (κ3) is 3.85. The van der Waals surface area contributed by atoms with Crippen molar-refractivity contribution in [2.45, 2.75) is 32.4 Å². The maximum Gasteiger partial charge on any atom is 0.161 e. The zero-order chi connectivity index (χ0) is 13.7. The second-order valence-electron chi connectivity index (χ2n) is 5.04. The molecule has 1 aliphatic rings. The van der Waals surface area contributed by atoms with Crippen LogP contribution in [0.3, 0.4) is 0 Å². The monoisotopic (exact) mass is 265 g/mol. The van der Waals surface area contributed by atoms with Crippen LogP contribution in [0.4, 0.5) is 0 Å². The Labute approximate surface area is 114 Å². The van der Waals surface area contributed by atoms with Gasteiger partial charge in [0.2, 0.25) is 0 Å². The van der Waals surface area contributed by atoms with Gasteiger partial charge in [-0.15, -0.1) is 0 Å². The quantitative estimate of drug-likeness (QED) is 0.791. The topological polar surface area (TPSA) is 50.7 Å². The van der Waals surface area contributed by atoms with Gasteiger partial charge in [-0.2, -0.15) is 0 Å². The van der Waals surface area contributed by atoms with Crippen LogP contribution in [0.5, 0.6) is 11.5 Å². The van der Waals surface area contributed by atoms with Gasteiger partial charge in [0.05, 0.1) is 19.8 Å². The first-order chi connectivity index (χ1) is 9.22. The Balaban J connectivity index is 1.82. The molecule has 4 nitrogen and oxygen atoms in total. The van der Waals surface area contributed by atoms with Gasteiger partial charge in [-0.1, -0.05) is 6.07 Å². The Hall–Kier alpha value is -1.26. The zero-order valence-electron chi connectivity index (χ0n) is 11.7. The number of hydrogen-bond acceptors (Lipinski definition) is 4. The third-order valence-electron chi connectivity index (χ3n) is 3.50. The van der Waals surface area contributed by atoms with Crippen LogP contribution in [-0.4, -0.2) is 31.5 Å². The van der Waals surface area contributed by atoms with E-state index in [1.807, 2.05) is 19.1 Å². The summed E-state index contributed by atoms with van der Waals surface area (Å²) in [6.45, 7) is 4.38. The zero-order valence-corrected chi connectivity index (χ0v) is 11.7. The average molecular weight is 265 g/mol. The smallest absolute Gasteiger partial charge is 0.161 e.